The quantitative estimate of drug-likeness (QED) is 0.434. The second-order valence-electron chi connectivity index (χ2n) is 6.90. The summed E-state index contributed by atoms with van der Waals surface area (Å²) < 4.78 is 15.2. The number of rotatable bonds is 5. The standard InChI is InChI=1S/C9H14O3.C8H16O2Si/c1-7(2)9(10)12-8-5-3-4-6-11-8;1-7(2)8(9)10-6-11(3,4)5/h8H,1,3-6H2,2H3;1,6H2,2-5H3. The number of carbonyl (C=O) groups is 2. The van der Waals surface area contributed by atoms with E-state index >= 15 is 0 Å². The first-order valence-corrected chi connectivity index (χ1v) is 11.5. The normalized spacial score (nSPS) is 17.3. The van der Waals surface area contributed by atoms with Crippen molar-refractivity contribution in [1.29, 1.82) is 0 Å². The molecule has 1 atom stereocenters. The zero-order valence-electron chi connectivity index (χ0n) is 15.1. The number of hydrogen-bond donors (Lipinski definition) is 0. The van der Waals surface area contributed by atoms with Crippen molar-refractivity contribution in [2.75, 3.05) is 12.8 Å². The van der Waals surface area contributed by atoms with Gasteiger partial charge in [0.05, 0.1) is 20.9 Å². The van der Waals surface area contributed by atoms with Gasteiger partial charge >= 0.3 is 11.9 Å². The summed E-state index contributed by atoms with van der Waals surface area (Å²) in [4.78, 5) is 21.9. The van der Waals surface area contributed by atoms with E-state index in [2.05, 4.69) is 32.8 Å². The minimum absolute atomic E-state index is 0.271. The highest BCUT2D eigenvalue weighted by atomic mass is 28.3. The third-order valence-corrected chi connectivity index (χ3v) is 3.72. The van der Waals surface area contributed by atoms with Crippen LogP contribution in [0.5, 0.6) is 0 Å². The van der Waals surface area contributed by atoms with E-state index in [9.17, 15) is 9.59 Å². The van der Waals surface area contributed by atoms with Crippen LogP contribution in [0.2, 0.25) is 19.6 Å². The van der Waals surface area contributed by atoms with Gasteiger partial charge in [0.15, 0.2) is 0 Å². The summed E-state index contributed by atoms with van der Waals surface area (Å²) in [5, 5.41) is 0. The fourth-order valence-electron chi connectivity index (χ4n) is 1.43. The second-order valence-corrected chi connectivity index (χ2v) is 12.3. The molecule has 1 unspecified atom stereocenters. The topological polar surface area (TPSA) is 61.8 Å². The van der Waals surface area contributed by atoms with Crippen LogP contribution in [0, 0.1) is 0 Å². The molecule has 1 saturated heterocycles. The van der Waals surface area contributed by atoms with Crippen molar-refractivity contribution in [3.8, 4) is 0 Å². The smallest absolute Gasteiger partial charge is 0.335 e. The van der Waals surface area contributed by atoms with E-state index in [1.54, 1.807) is 13.8 Å². The minimum Gasteiger partial charge on any atom is -0.466 e. The Bertz CT molecular complexity index is 431. The van der Waals surface area contributed by atoms with E-state index in [-0.39, 0.29) is 18.2 Å². The summed E-state index contributed by atoms with van der Waals surface area (Å²) in [5.41, 5.74) is 0.896. The van der Waals surface area contributed by atoms with Gasteiger partial charge in [-0.1, -0.05) is 32.8 Å². The molecule has 23 heavy (non-hydrogen) atoms. The molecule has 1 heterocycles. The Hall–Kier alpha value is -1.40. The van der Waals surface area contributed by atoms with Gasteiger partial charge in [0.2, 0.25) is 6.29 Å². The lowest BCUT2D eigenvalue weighted by molar-refractivity contribution is -0.182. The van der Waals surface area contributed by atoms with E-state index in [1.807, 2.05) is 0 Å². The van der Waals surface area contributed by atoms with Gasteiger partial charge < -0.3 is 14.2 Å². The maximum atomic E-state index is 11.0. The van der Waals surface area contributed by atoms with E-state index in [1.165, 1.54) is 0 Å². The Morgan fingerprint density at radius 1 is 1.09 bits per heavy atom. The molecule has 132 valence electrons. The van der Waals surface area contributed by atoms with Crippen molar-refractivity contribution < 1.29 is 23.8 Å². The van der Waals surface area contributed by atoms with Gasteiger partial charge in [-0.2, -0.15) is 0 Å². The Kier molecular flexibility index (Phi) is 9.75. The Morgan fingerprint density at radius 2 is 1.65 bits per heavy atom. The van der Waals surface area contributed by atoms with Crippen molar-refractivity contribution in [2.45, 2.75) is 59.0 Å². The van der Waals surface area contributed by atoms with Crippen LogP contribution < -0.4 is 0 Å². The van der Waals surface area contributed by atoms with Crippen molar-refractivity contribution in [1.82, 2.24) is 0 Å². The van der Waals surface area contributed by atoms with Gasteiger partial charge in [-0.3, -0.25) is 0 Å². The van der Waals surface area contributed by atoms with E-state index in [0.29, 0.717) is 24.0 Å². The third kappa shape index (κ3) is 11.8. The van der Waals surface area contributed by atoms with Gasteiger partial charge in [-0.25, -0.2) is 9.59 Å². The summed E-state index contributed by atoms with van der Waals surface area (Å²) in [7, 11) is -1.25. The van der Waals surface area contributed by atoms with E-state index < -0.39 is 8.07 Å². The molecule has 0 aromatic heterocycles. The van der Waals surface area contributed by atoms with Crippen LogP contribution in [0.1, 0.15) is 33.1 Å². The minimum atomic E-state index is -1.25. The zero-order valence-corrected chi connectivity index (χ0v) is 16.1. The third-order valence-electron chi connectivity index (χ3n) is 2.71. The van der Waals surface area contributed by atoms with Crippen molar-refractivity contribution in [3.05, 3.63) is 24.3 Å². The molecule has 1 rings (SSSR count). The first-order valence-electron chi connectivity index (χ1n) is 7.83. The molecule has 0 aromatic rings. The molecule has 1 aliphatic rings. The number of hydrogen-bond acceptors (Lipinski definition) is 5. The first kappa shape index (κ1) is 21.6. The lowest BCUT2D eigenvalue weighted by Gasteiger charge is -2.22. The molecule has 6 heteroatoms. The average molecular weight is 343 g/mol. The van der Waals surface area contributed by atoms with Gasteiger partial charge in [0, 0.05) is 17.6 Å². The molecule has 0 N–H and O–H groups in total. The second kappa shape index (κ2) is 10.4. The molecule has 5 nitrogen and oxygen atoms in total. The molecule has 0 spiro atoms. The summed E-state index contributed by atoms with van der Waals surface area (Å²) >= 11 is 0. The fourth-order valence-corrected chi connectivity index (χ4v) is 1.99. The molecule has 0 radical (unpaired) electrons. The van der Waals surface area contributed by atoms with Crippen LogP contribution in [0.4, 0.5) is 0 Å². The van der Waals surface area contributed by atoms with E-state index in [4.69, 9.17) is 14.2 Å². The SMILES string of the molecule is C=C(C)C(=O)OC1CCCCO1.C=C(C)C(=O)OC[Si](C)(C)C. The predicted molar refractivity (Wildman–Crippen MR) is 93.6 cm³/mol. The number of ether oxygens (including phenoxy) is 3. The van der Waals surface area contributed by atoms with Gasteiger partial charge in [0.25, 0.3) is 0 Å². The summed E-state index contributed by atoms with van der Waals surface area (Å²) in [6, 6.07) is 0. The van der Waals surface area contributed by atoms with Gasteiger partial charge in [0.1, 0.15) is 0 Å². The zero-order chi connectivity index (χ0) is 18.0. The predicted octanol–water partition coefficient (Wildman–Crippen LogP) is 3.62. The molecule has 0 aromatic carbocycles. The molecule has 1 fully saturated rings. The Balaban J connectivity index is 0.000000423. The first-order chi connectivity index (χ1) is 10.5. The maximum Gasteiger partial charge on any atom is 0.335 e. The highest BCUT2D eigenvalue weighted by Gasteiger charge is 2.18. The molecular formula is C17H30O5Si. The fraction of sp³-hybridized carbons (Fsp3) is 0.647. The largest absolute Gasteiger partial charge is 0.466 e. The van der Waals surface area contributed by atoms with Crippen LogP contribution in [0.25, 0.3) is 0 Å². The van der Waals surface area contributed by atoms with Crippen molar-refractivity contribution in [2.24, 2.45) is 0 Å². The molecule has 0 saturated carbocycles. The van der Waals surface area contributed by atoms with Crippen molar-refractivity contribution >= 4 is 20.0 Å². The van der Waals surface area contributed by atoms with Crippen LogP contribution in [0.15, 0.2) is 24.3 Å². The van der Waals surface area contributed by atoms with Crippen LogP contribution in [-0.4, -0.2) is 39.1 Å². The summed E-state index contributed by atoms with van der Waals surface area (Å²) in [6.45, 7) is 17.4. The summed E-state index contributed by atoms with van der Waals surface area (Å²) in [6.07, 6.45) is 3.16. The van der Waals surface area contributed by atoms with Crippen molar-refractivity contribution in [3.63, 3.8) is 0 Å². The number of carbonyl (C=O) groups excluding carboxylic acids is 2. The number of esters is 2. The molecule has 1 aliphatic heterocycles. The van der Waals surface area contributed by atoms with Gasteiger partial charge in [-0.05, 0) is 26.7 Å². The monoisotopic (exact) mass is 342 g/mol. The highest BCUT2D eigenvalue weighted by Crippen LogP contribution is 2.14. The van der Waals surface area contributed by atoms with Crippen LogP contribution in [-0.2, 0) is 23.8 Å². The van der Waals surface area contributed by atoms with Crippen LogP contribution >= 0.6 is 0 Å². The Labute approximate surface area is 140 Å². The molecular weight excluding hydrogens is 312 g/mol. The molecule has 0 aliphatic carbocycles. The van der Waals surface area contributed by atoms with Gasteiger partial charge in [-0.15, -0.1) is 0 Å². The highest BCUT2D eigenvalue weighted by molar-refractivity contribution is 6.76. The molecule has 0 bridgehead atoms. The lowest BCUT2D eigenvalue weighted by Crippen LogP contribution is -2.29. The maximum absolute atomic E-state index is 11.0. The van der Waals surface area contributed by atoms with Crippen LogP contribution in [0.3, 0.4) is 0 Å². The Morgan fingerprint density at radius 3 is 2.04 bits per heavy atom. The molecule has 0 amide bonds. The van der Waals surface area contributed by atoms with E-state index in [0.717, 1.165) is 19.3 Å². The summed E-state index contributed by atoms with van der Waals surface area (Å²) in [5.74, 6) is -0.630. The lowest BCUT2D eigenvalue weighted by atomic mass is 10.2. The average Bonchev–Trinajstić information content (AvgIpc) is 2.45.